The van der Waals surface area contributed by atoms with Gasteiger partial charge in [0.25, 0.3) is 0 Å². The fourth-order valence-electron chi connectivity index (χ4n) is 2.72. The molecular formula is C16H22N2O2. The number of rotatable bonds is 3. The summed E-state index contributed by atoms with van der Waals surface area (Å²) in [4.78, 5) is 26.1. The molecule has 0 fully saturated rings. The summed E-state index contributed by atoms with van der Waals surface area (Å²) in [7, 11) is 0. The van der Waals surface area contributed by atoms with Crippen molar-refractivity contribution in [2.24, 2.45) is 0 Å². The second kappa shape index (κ2) is 6.07. The molecule has 1 aliphatic heterocycles. The first-order valence-corrected chi connectivity index (χ1v) is 7.30. The molecule has 0 radical (unpaired) electrons. The second-order valence-corrected chi connectivity index (χ2v) is 5.34. The van der Waals surface area contributed by atoms with Gasteiger partial charge in [-0.15, -0.1) is 0 Å². The summed E-state index contributed by atoms with van der Waals surface area (Å²) >= 11 is 0. The third kappa shape index (κ3) is 2.69. The van der Waals surface area contributed by atoms with Gasteiger partial charge in [-0.25, -0.2) is 0 Å². The molecule has 0 saturated heterocycles. The Bertz CT molecular complexity index is 509. The molecule has 0 spiro atoms. The first-order valence-electron chi connectivity index (χ1n) is 7.30. The highest BCUT2D eigenvalue weighted by Crippen LogP contribution is 2.31. The van der Waals surface area contributed by atoms with E-state index in [2.05, 4.69) is 5.32 Å². The third-order valence-corrected chi connectivity index (χ3v) is 3.94. The number of hydrogen-bond acceptors (Lipinski definition) is 2. The van der Waals surface area contributed by atoms with Crippen LogP contribution in [0.4, 0.5) is 5.69 Å². The number of carbonyl (C=O) groups excluding carboxylic acids is 2. The van der Waals surface area contributed by atoms with Gasteiger partial charge in [-0.05, 0) is 37.8 Å². The minimum absolute atomic E-state index is 0.0346. The molecule has 2 amide bonds. The maximum absolute atomic E-state index is 12.4. The smallest absolute Gasteiger partial charge is 0.316 e. The number of amides is 2. The lowest BCUT2D eigenvalue weighted by atomic mass is 10.1. The van der Waals surface area contributed by atoms with Crippen LogP contribution < -0.4 is 10.2 Å². The van der Waals surface area contributed by atoms with Crippen LogP contribution in [0, 0.1) is 0 Å². The van der Waals surface area contributed by atoms with Crippen molar-refractivity contribution in [3.8, 4) is 0 Å². The highest BCUT2D eigenvalue weighted by atomic mass is 16.2. The van der Waals surface area contributed by atoms with E-state index in [-0.39, 0.29) is 12.1 Å². The molecule has 1 aromatic carbocycles. The molecule has 20 heavy (non-hydrogen) atoms. The SMILES string of the molecule is CCC(CC)NC(=O)C(=O)N1c2ccccc2CC1C. The normalized spacial score (nSPS) is 17.2. The lowest BCUT2D eigenvalue weighted by Crippen LogP contribution is -2.48. The number of fused-ring (bicyclic) bond motifs is 1. The molecule has 0 aromatic heterocycles. The molecule has 0 saturated carbocycles. The first-order chi connectivity index (χ1) is 9.58. The zero-order chi connectivity index (χ0) is 14.7. The van der Waals surface area contributed by atoms with Crippen LogP contribution in [0.2, 0.25) is 0 Å². The predicted molar refractivity (Wildman–Crippen MR) is 79.6 cm³/mol. The summed E-state index contributed by atoms with van der Waals surface area (Å²) in [5.41, 5.74) is 1.99. The van der Waals surface area contributed by atoms with E-state index in [4.69, 9.17) is 0 Å². The van der Waals surface area contributed by atoms with Gasteiger partial charge in [-0.2, -0.15) is 0 Å². The molecule has 108 valence electrons. The van der Waals surface area contributed by atoms with E-state index in [1.807, 2.05) is 45.0 Å². The number of hydrogen-bond donors (Lipinski definition) is 1. The van der Waals surface area contributed by atoms with E-state index >= 15 is 0 Å². The minimum Gasteiger partial charge on any atom is -0.345 e. The molecule has 1 aromatic rings. The van der Waals surface area contributed by atoms with Crippen LogP contribution in [0.5, 0.6) is 0 Å². The summed E-state index contributed by atoms with van der Waals surface area (Å²) < 4.78 is 0. The molecule has 2 rings (SSSR count). The molecule has 1 N–H and O–H groups in total. The molecule has 0 aliphatic carbocycles. The average molecular weight is 274 g/mol. The molecule has 4 nitrogen and oxygen atoms in total. The Kier molecular flexibility index (Phi) is 4.42. The molecule has 1 aliphatic rings. The number of nitrogens with zero attached hydrogens (tertiary/aromatic N) is 1. The van der Waals surface area contributed by atoms with Crippen molar-refractivity contribution in [3.05, 3.63) is 29.8 Å². The van der Waals surface area contributed by atoms with Crippen molar-refractivity contribution in [1.82, 2.24) is 5.32 Å². The topological polar surface area (TPSA) is 49.4 Å². The van der Waals surface area contributed by atoms with E-state index in [9.17, 15) is 9.59 Å². The Morgan fingerprint density at radius 1 is 1.30 bits per heavy atom. The quantitative estimate of drug-likeness (QED) is 0.860. The number of para-hydroxylation sites is 1. The van der Waals surface area contributed by atoms with Gasteiger partial charge in [0.1, 0.15) is 0 Å². The fourth-order valence-corrected chi connectivity index (χ4v) is 2.72. The molecule has 4 heteroatoms. The highest BCUT2D eigenvalue weighted by molar-refractivity contribution is 6.40. The van der Waals surface area contributed by atoms with Crippen LogP contribution in [0.3, 0.4) is 0 Å². The minimum atomic E-state index is -0.498. The van der Waals surface area contributed by atoms with Gasteiger partial charge in [0.15, 0.2) is 0 Å². The lowest BCUT2D eigenvalue weighted by Gasteiger charge is -2.23. The standard InChI is InChI=1S/C16H22N2O2/c1-4-13(5-2)17-15(19)16(20)18-11(3)10-12-8-6-7-9-14(12)18/h6-9,11,13H,4-5,10H2,1-3H3,(H,17,19). The van der Waals surface area contributed by atoms with E-state index in [0.29, 0.717) is 0 Å². The van der Waals surface area contributed by atoms with Gasteiger partial charge >= 0.3 is 11.8 Å². The molecular weight excluding hydrogens is 252 g/mol. The van der Waals surface area contributed by atoms with Crippen molar-refractivity contribution >= 4 is 17.5 Å². The Morgan fingerprint density at radius 3 is 2.60 bits per heavy atom. The zero-order valence-electron chi connectivity index (χ0n) is 12.3. The van der Waals surface area contributed by atoms with E-state index in [1.165, 1.54) is 0 Å². The van der Waals surface area contributed by atoms with Gasteiger partial charge in [-0.3, -0.25) is 9.59 Å². The Balaban J connectivity index is 2.15. The average Bonchev–Trinajstić information content (AvgIpc) is 2.79. The van der Waals surface area contributed by atoms with Crippen LogP contribution in [-0.2, 0) is 16.0 Å². The molecule has 1 atom stereocenters. The van der Waals surface area contributed by atoms with Crippen LogP contribution in [0.25, 0.3) is 0 Å². The number of benzene rings is 1. The Hall–Kier alpha value is -1.84. The van der Waals surface area contributed by atoms with Crippen molar-refractivity contribution in [1.29, 1.82) is 0 Å². The largest absolute Gasteiger partial charge is 0.345 e. The van der Waals surface area contributed by atoms with Crippen molar-refractivity contribution < 1.29 is 9.59 Å². The van der Waals surface area contributed by atoms with Crippen LogP contribution in [0.15, 0.2) is 24.3 Å². The monoisotopic (exact) mass is 274 g/mol. The molecule has 0 bridgehead atoms. The number of anilines is 1. The molecule has 1 heterocycles. The summed E-state index contributed by atoms with van der Waals surface area (Å²) in [6.45, 7) is 5.99. The maximum Gasteiger partial charge on any atom is 0.316 e. The van der Waals surface area contributed by atoms with Gasteiger partial charge in [0.05, 0.1) is 0 Å². The van der Waals surface area contributed by atoms with E-state index < -0.39 is 11.8 Å². The van der Waals surface area contributed by atoms with Crippen LogP contribution in [-0.4, -0.2) is 23.9 Å². The number of carbonyl (C=O) groups is 2. The fraction of sp³-hybridized carbons (Fsp3) is 0.500. The predicted octanol–water partition coefficient (Wildman–Crippen LogP) is 2.27. The van der Waals surface area contributed by atoms with Gasteiger partial charge in [-0.1, -0.05) is 32.0 Å². The summed E-state index contributed by atoms with van der Waals surface area (Å²) in [6, 6.07) is 7.88. The Labute approximate surface area is 120 Å². The van der Waals surface area contributed by atoms with Gasteiger partial charge in [0, 0.05) is 17.8 Å². The van der Waals surface area contributed by atoms with Crippen LogP contribution in [0.1, 0.15) is 39.2 Å². The summed E-state index contributed by atoms with van der Waals surface area (Å²) in [5, 5.41) is 2.81. The summed E-state index contributed by atoms with van der Waals surface area (Å²) in [5.74, 6) is -0.948. The third-order valence-electron chi connectivity index (χ3n) is 3.94. The lowest BCUT2D eigenvalue weighted by molar-refractivity contribution is -0.138. The maximum atomic E-state index is 12.4. The second-order valence-electron chi connectivity index (χ2n) is 5.34. The van der Waals surface area contributed by atoms with E-state index in [1.54, 1.807) is 4.90 Å². The number of nitrogens with one attached hydrogen (secondary N) is 1. The van der Waals surface area contributed by atoms with Crippen molar-refractivity contribution in [2.45, 2.75) is 52.1 Å². The van der Waals surface area contributed by atoms with Gasteiger partial charge in [0.2, 0.25) is 0 Å². The highest BCUT2D eigenvalue weighted by Gasteiger charge is 2.34. The van der Waals surface area contributed by atoms with Crippen molar-refractivity contribution in [2.75, 3.05) is 4.90 Å². The van der Waals surface area contributed by atoms with E-state index in [0.717, 1.165) is 30.5 Å². The first kappa shape index (κ1) is 14.6. The van der Waals surface area contributed by atoms with Crippen LogP contribution >= 0.6 is 0 Å². The van der Waals surface area contributed by atoms with Crippen molar-refractivity contribution in [3.63, 3.8) is 0 Å². The Morgan fingerprint density at radius 2 is 1.95 bits per heavy atom. The summed E-state index contributed by atoms with van der Waals surface area (Å²) in [6.07, 6.45) is 2.48. The van der Waals surface area contributed by atoms with Gasteiger partial charge < -0.3 is 10.2 Å². The zero-order valence-corrected chi connectivity index (χ0v) is 12.3. The molecule has 1 unspecified atom stereocenters.